The van der Waals surface area contributed by atoms with Crippen molar-refractivity contribution in [2.45, 2.75) is 39.5 Å². The monoisotopic (exact) mass is 304 g/mol. The Morgan fingerprint density at radius 1 is 1.15 bits per heavy atom. The van der Waals surface area contributed by atoms with E-state index in [4.69, 9.17) is 5.11 Å². The highest BCUT2D eigenvalue weighted by Crippen LogP contribution is 2.20. The fraction of sp³-hybridized carbons (Fsp3) is 0.857. The topological polar surface area (TPSA) is 78.4 Å². The predicted octanol–water partition coefficient (Wildman–Crippen LogP) is 2.57. The molecule has 2 amide bonds. The third kappa shape index (κ3) is 11.0. The highest BCUT2D eigenvalue weighted by molar-refractivity contribution is 7.98. The second kappa shape index (κ2) is 11.9. The molecule has 20 heavy (non-hydrogen) atoms. The van der Waals surface area contributed by atoms with Gasteiger partial charge in [-0.25, -0.2) is 4.79 Å². The first-order chi connectivity index (χ1) is 9.47. The van der Waals surface area contributed by atoms with E-state index in [1.807, 2.05) is 6.26 Å². The van der Waals surface area contributed by atoms with Gasteiger partial charge in [-0.3, -0.25) is 4.79 Å². The quantitative estimate of drug-likeness (QED) is 0.513. The van der Waals surface area contributed by atoms with Gasteiger partial charge < -0.3 is 15.7 Å². The number of hydrogen-bond acceptors (Lipinski definition) is 3. The van der Waals surface area contributed by atoms with Gasteiger partial charge >= 0.3 is 12.0 Å². The molecule has 0 aliphatic carbocycles. The third-order valence-corrected chi connectivity index (χ3v) is 3.98. The van der Waals surface area contributed by atoms with Crippen molar-refractivity contribution in [3.63, 3.8) is 0 Å². The van der Waals surface area contributed by atoms with E-state index < -0.39 is 5.97 Å². The first-order valence-electron chi connectivity index (χ1n) is 7.19. The van der Waals surface area contributed by atoms with Gasteiger partial charge in [0.15, 0.2) is 0 Å². The number of aliphatic carboxylic acids is 1. The summed E-state index contributed by atoms with van der Waals surface area (Å²) in [6.45, 7) is 5.47. The molecule has 0 aromatic carbocycles. The van der Waals surface area contributed by atoms with Crippen LogP contribution in [0.3, 0.4) is 0 Å². The van der Waals surface area contributed by atoms with Crippen molar-refractivity contribution in [3.8, 4) is 0 Å². The minimum Gasteiger partial charge on any atom is -0.481 e. The average molecular weight is 304 g/mol. The van der Waals surface area contributed by atoms with E-state index >= 15 is 0 Å². The summed E-state index contributed by atoms with van der Waals surface area (Å²) in [4.78, 5) is 22.1. The van der Waals surface area contributed by atoms with E-state index in [1.165, 1.54) is 0 Å². The number of thioether (sulfide) groups is 1. The lowest BCUT2D eigenvalue weighted by Crippen LogP contribution is -2.37. The van der Waals surface area contributed by atoms with Crippen LogP contribution < -0.4 is 10.6 Å². The summed E-state index contributed by atoms with van der Waals surface area (Å²) in [5.41, 5.74) is 0. The molecule has 1 unspecified atom stereocenters. The van der Waals surface area contributed by atoms with Crippen LogP contribution in [0.2, 0.25) is 0 Å². The molecule has 0 saturated heterocycles. The zero-order chi connectivity index (χ0) is 15.4. The van der Waals surface area contributed by atoms with Crippen LogP contribution in [-0.4, -0.2) is 42.2 Å². The smallest absolute Gasteiger partial charge is 0.314 e. The molecule has 0 bridgehead atoms. The summed E-state index contributed by atoms with van der Waals surface area (Å²) in [5.74, 6) is 1.06. The zero-order valence-corrected chi connectivity index (χ0v) is 13.6. The van der Waals surface area contributed by atoms with Crippen molar-refractivity contribution in [3.05, 3.63) is 0 Å². The Kier molecular flexibility index (Phi) is 11.3. The molecule has 0 aliphatic heterocycles. The van der Waals surface area contributed by atoms with Gasteiger partial charge in [-0.05, 0) is 43.1 Å². The molecular formula is C14H28N2O3S. The minimum absolute atomic E-state index is 0.133. The van der Waals surface area contributed by atoms with E-state index in [9.17, 15) is 9.59 Å². The van der Waals surface area contributed by atoms with Gasteiger partial charge in [0, 0.05) is 19.5 Å². The van der Waals surface area contributed by atoms with Crippen LogP contribution in [0.4, 0.5) is 4.79 Å². The van der Waals surface area contributed by atoms with Crippen LogP contribution in [0, 0.1) is 11.8 Å². The van der Waals surface area contributed by atoms with E-state index in [1.54, 1.807) is 11.8 Å². The van der Waals surface area contributed by atoms with Crippen LogP contribution >= 0.6 is 11.8 Å². The second-order valence-corrected chi connectivity index (χ2v) is 6.24. The predicted molar refractivity (Wildman–Crippen MR) is 84.2 cm³/mol. The Morgan fingerprint density at radius 2 is 1.80 bits per heavy atom. The third-order valence-electron chi connectivity index (χ3n) is 3.28. The maximum atomic E-state index is 11.5. The van der Waals surface area contributed by atoms with Crippen molar-refractivity contribution in [2.75, 3.05) is 25.1 Å². The SMILES string of the molecule is CSCCCNC(=O)NCCC(CCC(=O)O)C(C)C. The molecule has 0 aromatic rings. The Labute approximate surface area is 126 Å². The van der Waals surface area contributed by atoms with E-state index in [2.05, 4.69) is 24.5 Å². The first kappa shape index (κ1) is 19.1. The normalized spacial score (nSPS) is 12.2. The van der Waals surface area contributed by atoms with Crippen molar-refractivity contribution in [2.24, 2.45) is 11.8 Å². The summed E-state index contributed by atoms with van der Waals surface area (Å²) < 4.78 is 0. The molecule has 0 aliphatic rings. The Bertz CT molecular complexity index is 286. The number of rotatable bonds is 11. The number of carboxylic acids is 1. The molecule has 0 aromatic heterocycles. The Hall–Kier alpha value is -0.910. The van der Waals surface area contributed by atoms with Gasteiger partial charge in [0.2, 0.25) is 0 Å². The van der Waals surface area contributed by atoms with Crippen LogP contribution in [0.1, 0.15) is 39.5 Å². The number of urea groups is 1. The van der Waals surface area contributed by atoms with Gasteiger partial charge in [-0.1, -0.05) is 13.8 Å². The number of carbonyl (C=O) groups is 2. The standard InChI is InChI=1S/C14H28N2O3S/c1-11(2)12(5-6-13(17)18)7-9-16-14(19)15-8-4-10-20-3/h11-12H,4-10H2,1-3H3,(H,17,18)(H2,15,16,19). The van der Waals surface area contributed by atoms with Gasteiger partial charge in [0.05, 0.1) is 0 Å². The molecule has 0 saturated carbocycles. The van der Waals surface area contributed by atoms with Crippen molar-refractivity contribution in [1.29, 1.82) is 0 Å². The molecule has 0 rings (SSSR count). The molecule has 0 heterocycles. The molecule has 6 heteroatoms. The molecular weight excluding hydrogens is 276 g/mol. The number of hydrogen-bond donors (Lipinski definition) is 3. The van der Waals surface area contributed by atoms with Crippen molar-refractivity contribution < 1.29 is 14.7 Å². The number of nitrogens with one attached hydrogen (secondary N) is 2. The largest absolute Gasteiger partial charge is 0.481 e. The van der Waals surface area contributed by atoms with E-state index in [-0.39, 0.29) is 12.5 Å². The zero-order valence-electron chi connectivity index (χ0n) is 12.8. The van der Waals surface area contributed by atoms with E-state index in [0.29, 0.717) is 31.3 Å². The highest BCUT2D eigenvalue weighted by Gasteiger charge is 2.15. The fourth-order valence-electron chi connectivity index (χ4n) is 1.97. The molecule has 1 atom stereocenters. The Balaban J connectivity index is 3.76. The van der Waals surface area contributed by atoms with Crippen LogP contribution in [0.5, 0.6) is 0 Å². The van der Waals surface area contributed by atoms with Crippen LogP contribution in [0.15, 0.2) is 0 Å². The molecule has 0 spiro atoms. The first-order valence-corrected chi connectivity index (χ1v) is 8.59. The molecule has 5 nitrogen and oxygen atoms in total. The van der Waals surface area contributed by atoms with Crippen molar-refractivity contribution >= 4 is 23.8 Å². The second-order valence-electron chi connectivity index (χ2n) is 5.25. The Morgan fingerprint density at radius 3 is 2.35 bits per heavy atom. The molecule has 118 valence electrons. The average Bonchev–Trinajstić information content (AvgIpc) is 2.38. The van der Waals surface area contributed by atoms with Gasteiger partial charge in [-0.15, -0.1) is 0 Å². The summed E-state index contributed by atoms with van der Waals surface area (Å²) in [6.07, 6.45) is 4.71. The summed E-state index contributed by atoms with van der Waals surface area (Å²) in [6, 6.07) is -0.133. The van der Waals surface area contributed by atoms with E-state index in [0.717, 1.165) is 18.6 Å². The lowest BCUT2D eigenvalue weighted by Gasteiger charge is -2.20. The summed E-state index contributed by atoms with van der Waals surface area (Å²) in [5, 5.41) is 14.4. The lowest BCUT2D eigenvalue weighted by molar-refractivity contribution is -0.137. The highest BCUT2D eigenvalue weighted by atomic mass is 32.2. The van der Waals surface area contributed by atoms with Gasteiger partial charge in [0.1, 0.15) is 0 Å². The van der Waals surface area contributed by atoms with Gasteiger partial charge in [0.25, 0.3) is 0 Å². The molecule has 0 fully saturated rings. The molecule has 3 N–H and O–H groups in total. The fourth-order valence-corrected chi connectivity index (χ4v) is 2.40. The maximum Gasteiger partial charge on any atom is 0.314 e. The maximum absolute atomic E-state index is 11.5. The van der Waals surface area contributed by atoms with Crippen LogP contribution in [-0.2, 0) is 4.79 Å². The number of amides is 2. The van der Waals surface area contributed by atoms with Gasteiger partial charge in [-0.2, -0.15) is 11.8 Å². The van der Waals surface area contributed by atoms with Crippen LogP contribution in [0.25, 0.3) is 0 Å². The number of carboxylic acid groups (broad SMARTS) is 1. The summed E-state index contributed by atoms with van der Waals surface area (Å²) >= 11 is 1.77. The van der Waals surface area contributed by atoms with Crippen molar-refractivity contribution in [1.82, 2.24) is 10.6 Å². The minimum atomic E-state index is -0.754. The summed E-state index contributed by atoms with van der Waals surface area (Å²) in [7, 11) is 0. The number of carbonyl (C=O) groups excluding carboxylic acids is 1. The molecule has 0 radical (unpaired) electrons. The lowest BCUT2D eigenvalue weighted by atomic mass is 9.88.